The zero-order valence-corrected chi connectivity index (χ0v) is 14.7. The van der Waals surface area contributed by atoms with E-state index in [9.17, 15) is 14.0 Å². The van der Waals surface area contributed by atoms with Crippen LogP contribution in [0.4, 0.5) is 14.9 Å². The summed E-state index contributed by atoms with van der Waals surface area (Å²) in [7, 11) is 0. The Morgan fingerprint density at radius 3 is 2.38 bits per heavy atom. The van der Waals surface area contributed by atoms with Gasteiger partial charge in [-0.05, 0) is 55.3 Å². The second kappa shape index (κ2) is 9.36. The van der Waals surface area contributed by atoms with Crippen LogP contribution < -0.4 is 10.6 Å². The number of amides is 2. The van der Waals surface area contributed by atoms with E-state index < -0.39 is 5.97 Å². The van der Waals surface area contributed by atoms with Crippen molar-refractivity contribution in [3.63, 3.8) is 0 Å². The summed E-state index contributed by atoms with van der Waals surface area (Å²) in [6.45, 7) is 3.89. The van der Waals surface area contributed by atoms with Gasteiger partial charge < -0.3 is 15.4 Å². The molecule has 2 N–H and O–H groups in total. The van der Waals surface area contributed by atoms with E-state index in [-0.39, 0.29) is 17.9 Å². The number of ether oxygens (including phenoxy) is 1. The van der Waals surface area contributed by atoms with Gasteiger partial charge in [-0.3, -0.25) is 0 Å². The van der Waals surface area contributed by atoms with Gasteiger partial charge in [-0.25, -0.2) is 14.0 Å². The van der Waals surface area contributed by atoms with Crippen LogP contribution in [0.5, 0.6) is 0 Å². The fourth-order valence-electron chi connectivity index (χ4n) is 2.23. The molecule has 2 rings (SSSR count). The van der Waals surface area contributed by atoms with Gasteiger partial charge in [0.05, 0.1) is 12.6 Å². The number of hydrogen-bond acceptors (Lipinski definition) is 3. The van der Waals surface area contributed by atoms with Crippen LogP contribution in [0.2, 0.25) is 0 Å². The molecule has 0 radical (unpaired) electrons. The highest BCUT2D eigenvalue weighted by atomic mass is 19.1. The molecule has 0 spiro atoms. The van der Waals surface area contributed by atoms with Gasteiger partial charge in [0.25, 0.3) is 0 Å². The van der Waals surface area contributed by atoms with Gasteiger partial charge in [0, 0.05) is 11.8 Å². The number of urea groups is 1. The molecule has 2 amide bonds. The fourth-order valence-corrected chi connectivity index (χ4v) is 2.23. The Kier molecular flexibility index (Phi) is 6.91. The number of esters is 1. The fraction of sp³-hybridized carbons (Fsp3) is 0.200. The number of carbonyl (C=O) groups excluding carboxylic acids is 2. The van der Waals surface area contributed by atoms with Crippen LogP contribution in [0.15, 0.2) is 54.6 Å². The molecular formula is C20H21FN2O3. The summed E-state index contributed by atoms with van der Waals surface area (Å²) >= 11 is 0. The third-order valence-electron chi connectivity index (χ3n) is 3.58. The maximum absolute atomic E-state index is 12.9. The number of anilines is 1. The highest BCUT2D eigenvalue weighted by Crippen LogP contribution is 2.14. The Bertz CT molecular complexity index is 771. The quantitative estimate of drug-likeness (QED) is 0.599. The molecule has 2 aromatic carbocycles. The molecule has 0 saturated carbocycles. The van der Waals surface area contributed by atoms with Crippen molar-refractivity contribution in [3.8, 4) is 0 Å². The number of hydrogen-bond donors (Lipinski definition) is 2. The van der Waals surface area contributed by atoms with Crippen LogP contribution in [-0.4, -0.2) is 18.6 Å². The monoisotopic (exact) mass is 356 g/mol. The van der Waals surface area contributed by atoms with Gasteiger partial charge >= 0.3 is 12.0 Å². The van der Waals surface area contributed by atoms with E-state index in [1.54, 1.807) is 49.4 Å². The highest BCUT2D eigenvalue weighted by molar-refractivity contribution is 5.90. The normalized spacial score (nSPS) is 11.8. The first kappa shape index (κ1) is 19.2. The molecule has 0 bridgehead atoms. The van der Waals surface area contributed by atoms with E-state index in [0.29, 0.717) is 12.3 Å². The Morgan fingerprint density at radius 2 is 1.77 bits per heavy atom. The summed E-state index contributed by atoms with van der Waals surface area (Å²) in [5, 5.41) is 5.51. The lowest BCUT2D eigenvalue weighted by molar-refractivity contribution is -0.137. The molecular weight excluding hydrogens is 335 g/mol. The number of halogens is 1. The standard InChI is InChI=1S/C20H21FN2O3/c1-3-26-19(24)13-6-15-4-11-18(12-5-15)23-20(25)22-14(2)16-7-9-17(21)10-8-16/h4-14H,3H2,1-2H3,(H2,22,23,25). The summed E-state index contributed by atoms with van der Waals surface area (Å²) in [5.41, 5.74) is 2.23. The molecule has 0 aliphatic heterocycles. The SMILES string of the molecule is CCOC(=O)C=Cc1ccc(NC(=O)NC(C)c2ccc(F)cc2)cc1. The van der Waals surface area contributed by atoms with Crippen LogP contribution in [0.25, 0.3) is 6.08 Å². The lowest BCUT2D eigenvalue weighted by Crippen LogP contribution is -2.31. The molecule has 26 heavy (non-hydrogen) atoms. The first-order chi connectivity index (χ1) is 12.5. The minimum absolute atomic E-state index is 0.262. The van der Waals surface area contributed by atoms with Crippen molar-refractivity contribution in [1.29, 1.82) is 0 Å². The average Bonchev–Trinajstić information content (AvgIpc) is 2.62. The minimum atomic E-state index is -0.399. The van der Waals surface area contributed by atoms with Crippen LogP contribution >= 0.6 is 0 Å². The van der Waals surface area contributed by atoms with Crippen LogP contribution in [0, 0.1) is 5.82 Å². The van der Waals surface area contributed by atoms with E-state index in [2.05, 4.69) is 10.6 Å². The van der Waals surface area contributed by atoms with Crippen molar-refractivity contribution in [2.45, 2.75) is 19.9 Å². The minimum Gasteiger partial charge on any atom is -0.463 e. The van der Waals surface area contributed by atoms with E-state index in [0.717, 1.165) is 11.1 Å². The number of rotatable bonds is 6. The predicted molar refractivity (Wildman–Crippen MR) is 99.1 cm³/mol. The smallest absolute Gasteiger partial charge is 0.330 e. The predicted octanol–water partition coefficient (Wildman–Crippen LogP) is 4.28. The highest BCUT2D eigenvalue weighted by Gasteiger charge is 2.09. The van der Waals surface area contributed by atoms with E-state index in [4.69, 9.17) is 4.74 Å². The van der Waals surface area contributed by atoms with E-state index in [1.807, 2.05) is 6.92 Å². The van der Waals surface area contributed by atoms with Gasteiger partial charge in [0.2, 0.25) is 0 Å². The number of benzene rings is 2. The first-order valence-corrected chi connectivity index (χ1v) is 8.26. The van der Waals surface area contributed by atoms with Gasteiger partial charge in [-0.1, -0.05) is 24.3 Å². The van der Waals surface area contributed by atoms with Crippen molar-refractivity contribution >= 4 is 23.8 Å². The third kappa shape index (κ3) is 6.05. The van der Waals surface area contributed by atoms with E-state index in [1.165, 1.54) is 18.2 Å². The summed E-state index contributed by atoms with van der Waals surface area (Å²) in [5.74, 6) is -0.716. The molecule has 0 fully saturated rings. The number of nitrogens with one attached hydrogen (secondary N) is 2. The molecule has 0 heterocycles. The first-order valence-electron chi connectivity index (χ1n) is 8.26. The number of carbonyl (C=O) groups is 2. The Hall–Kier alpha value is -3.15. The van der Waals surface area contributed by atoms with Crippen molar-refractivity contribution in [1.82, 2.24) is 5.32 Å². The molecule has 1 unspecified atom stereocenters. The second-order valence-corrected chi connectivity index (χ2v) is 5.58. The summed E-state index contributed by atoms with van der Waals surface area (Å²) in [6.07, 6.45) is 2.99. The second-order valence-electron chi connectivity index (χ2n) is 5.58. The molecule has 0 saturated heterocycles. The van der Waals surface area contributed by atoms with Gasteiger partial charge in [-0.2, -0.15) is 0 Å². The van der Waals surface area contributed by atoms with Gasteiger partial charge in [0.1, 0.15) is 5.82 Å². The maximum Gasteiger partial charge on any atom is 0.330 e. The summed E-state index contributed by atoms with van der Waals surface area (Å²) < 4.78 is 17.7. The Morgan fingerprint density at radius 1 is 1.12 bits per heavy atom. The van der Waals surface area contributed by atoms with Crippen molar-refractivity contribution in [3.05, 3.63) is 71.6 Å². The zero-order valence-electron chi connectivity index (χ0n) is 14.7. The maximum atomic E-state index is 12.9. The van der Waals surface area contributed by atoms with Gasteiger partial charge in [-0.15, -0.1) is 0 Å². The third-order valence-corrected chi connectivity index (χ3v) is 3.58. The lowest BCUT2D eigenvalue weighted by atomic mass is 10.1. The zero-order chi connectivity index (χ0) is 18.9. The van der Waals surface area contributed by atoms with Crippen LogP contribution in [0.1, 0.15) is 31.0 Å². The summed E-state index contributed by atoms with van der Waals surface area (Å²) in [6, 6.07) is 12.3. The molecule has 0 aliphatic carbocycles. The van der Waals surface area contributed by atoms with Crippen LogP contribution in [-0.2, 0) is 9.53 Å². The van der Waals surface area contributed by atoms with Crippen molar-refractivity contribution in [2.75, 3.05) is 11.9 Å². The molecule has 6 heteroatoms. The molecule has 0 aromatic heterocycles. The lowest BCUT2D eigenvalue weighted by Gasteiger charge is -2.15. The largest absolute Gasteiger partial charge is 0.463 e. The van der Waals surface area contributed by atoms with Crippen molar-refractivity contribution in [2.24, 2.45) is 0 Å². The van der Waals surface area contributed by atoms with Gasteiger partial charge in [0.15, 0.2) is 0 Å². The van der Waals surface area contributed by atoms with Crippen molar-refractivity contribution < 1.29 is 18.7 Å². The van der Waals surface area contributed by atoms with Crippen LogP contribution in [0.3, 0.4) is 0 Å². The molecule has 0 aliphatic rings. The molecule has 5 nitrogen and oxygen atoms in total. The Balaban J connectivity index is 1.88. The molecule has 136 valence electrons. The molecule has 1 atom stereocenters. The van der Waals surface area contributed by atoms with E-state index >= 15 is 0 Å². The molecule has 2 aromatic rings. The topological polar surface area (TPSA) is 67.4 Å². The summed E-state index contributed by atoms with van der Waals surface area (Å²) in [4.78, 5) is 23.3. The Labute approximate surface area is 151 Å². The average molecular weight is 356 g/mol.